The molecule has 0 saturated heterocycles. The van der Waals surface area contributed by atoms with Crippen molar-refractivity contribution in [3.05, 3.63) is 35.4 Å². The van der Waals surface area contributed by atoms with Crippen LogP contribution in [-0.4, -0.2) is 17.4 Å². The van der Waals surface area contributed by atoms with Crippen molar-refractivity contribution in [2.45, 2.75) is 26.8 Å². The normalized spacial score (nSPS) is 16.7. The first-order valence-corrected chi connectivity index (χ1v) is 5.59. The Kier molecular flexibility index (Phi) is 2.76. The van der Waals surface area contributed by atoms with Gasteiger partial charge in [0.2, 0.25) is 0 Å². The first kappa shape index (κ1) is 10.2. The molecule has 0 bridgehead atoms. The summed E-state index contributed by atoms with van der Waals surface area (Å²) in [5, 5.41) is 0. The SMILES string of the molecule is CCC(C)CN1Cc2ccccc2C1=O. The van der Waals surface area contributed by atoms with Crippen LogP contribution in [0.1, 0.15) is 36.2 Å². The summed E-state index contributed by atoms with van der Waals surface area (Å²) in [5.41, 5.74) is 2.06. The average molecular weight is 203 g/mol. The zero-order valence-corrected chi connectivity index (χ0v) is 9.36. The van der Waals surface area contributed by atoms with E-state index in [1.165, 1.54) is 5.56 Å². The van der Waals surface area contributed by atoms with Gasteiger partial charge in [0.15, 0.2) is 0 Å². The first-order valence-electron chi connectivity index (χ1n) is 5.59. The molecular weight excluding hydrogens is 186 g/mol. The largest absolute Gasteiger partial charge is 0.334 e. The monoisotopic (exact) mass is 203 g/mol. The minimum absolute atomic E-state index is 0.200. The van der Waals surface area contributed by atoms with Crippen molar-refractivity contribution >= 4 is 5.91 Å². The van der Waals surface area contributed by atoms with Crippen molar-refractivity contribution in [3.8, 4) is 0 Å². The fraction of sp³-hybridized carbons (Fsp3) is 0.462. The molecule has 1 aliphatic rings. The second-order valence-corrected chi connectivity index (χ2v) is 4.36. The van der Waals surface area contributed by atoms with E-state index >= 15 is 0 Å². The van der Waals surface area contributed by atoms with Crippen molar-refractivity contribution in [1.29, 1.82) is 0 Å². The van der Waals surface area contributed by atoms with Crippen LogP contribution >= 0.6 is 0 Å². The van der Waals surface area contributed by atoms with E-state index < -0.39 is 0 Å². The Labute approximate surface area is 90.9 Å². The van der Waals surface area contributed by atoms with E-state index in [2.05, 4.69) is 13.8 Å². The van der Waals surface area contributed by atoms with Gasteiger partial charge < -0.3 is 4.90 Å². The summed E-state index contributed by atoms with van der Waals surface area (Å²) in [7, 11) is 0. The Morgan fingerprint density at radius 2 is 2.13 bits per heavy atom. The van der Waals surface area contributed by atoms with E-state index in [1.807, 2.05) is 29.2 Å². The van der Waals surface area contributed by atoms with Crippen molar-refractivity contribution < 1.29 is 4.79 Å². The number of rotatable bonds is 3. The van der Waals surface area contributed by atoms with Crippen LogP contribution in [0.15, 0.2) is 24.3 Å². The Morgan fingerprint density at radius 3 is 2.80 bits per heavy atom. The van der Waals surface area contributed by atoms with Gasteiger partial charge in [-0.2, -0.15) is 0 Å². The molecule has 1 aliphatic heterocycles. The number of benzene rings is 1. The first-order chi connectivity index (χ1) is 7.22. The summed E-state index contributed by atoms with van der Waals surface area (Å²) in [4.78, 5) is 13.9. The van der Waals surface area contributed by atoms with Gasteiger partial charge in [-0.1, -0.05) is 38.5 Å². The molecule has 1 unspecified atom stereocenters. The quantitative estimate of drug-likeness (QED) is 0.739. The predicted octanol–water partition coefficient (Wildman–Crippen LogP) is 2.69. The average Bonchev–Trinajstić information content (AvgIpc) is 2.57. The number of carbonyl (C=O) groups excluding carboxylic acids is 1. The highest BCUT2D eigenvalue weighted by atomic mass is 16.2. The van der Waals surface area contributed by atoms with Gasteiger partial charge in [-0.25, -0.2) is 0 Å². The van der Waals surface area contributed by atoms with Crippen molar-refractivity contribution in [3.63, 3.8) is 0 Å². The maximum Gasteiger partial charge on any atom is 0.254 e. The molecule has 1 aromatic carbocycles. The maximum absolute atomic E-state index is 12.0. The van der Waals surface area contributed by atoms with E-state index in [4.69, 9.17) is 0 Å². The van der Waals surface area contributed by atoms with Gasteiger partial charge in [0, 0.05) is 18.7 Å². The molecule has 0 aliphatic carbocycles. The van der Waals surface area contributed by atoms with E-state index in [1.54, 1.807) is 0 Å². The second kappa shape index (κ2) is 4.05. The molecular formula is C13H17NO. The maximum atomic E-state index is 12.0. The van der Waals surface area contributed by atoms with Gasteiger partial charge in [-0.3, -0.25) is 4.79 Å². The van der Waals surface area contributed by atoms with E-state index in [9.17, 15) is 4.79 Å². The lowest BCUT2D eigenvalue weighted by molar-refractivity contribution is 0.0755. The van der Waals surface area contributed by atoms with Gasteiger partial charge in [0.1, 0.15) is 0 Å². The Morgan fingerprint density at radius 1 is 1.40 bits per heavy atom. The van der Waals surface area contributed by atoms with Crippen LogP contribution in [0.5, 0.6) is 0 Å². The van der Waals surface area contributed by atoms with Gasteiger partial charge in [-0.05, 0) is 17.5 Å². The molecule has 1 aromatic rings. The Hall–Kier alpha value is -1.31. The fourth-order valence-electron chi connectivity index (χ4n) is 1.97. The predicted molar refractivity (Wildman–Crippen MR) is 60.6 cm³/mol. The molecule has 80 valence electrons. The third-order valence-electron chi connectivity index (χ3n) is 3.13. The van der Waals surface area contributed by atoms with Crippen molar-refractivity contribution in [2.75, 3.05) is 6.54 Å². The lowest BCUT2D eigenvalue weighted by Crippen LogP contribution is -2.28. The minimum Gasteiger partial charge on any atom is -0.334 e. The third kappa shape index (κ3) is 1.89. The summed E-state index contributed by atoms with van der Waals surface area (Å²) in [5.74, 6) is 0.786. The second-order valence-electron chi connectivity index (χ2n) is 4.36. The highest BCUT2D eigenvalue weighted by Gasteiger charge is 2.27. The van der Waals surface area contributed by atoms with Crippen LogP contribution < -0.4 is 0 Å². The van der Waals surface area contributed by atoms with Crippen LogP contribution in [0.3, 0.4) is 0 Å². The fourth-order valence-corrected chi connectivity index (χ4v) is 1.97. The molecule has 0 spiro atoms. The lowest BCUT2D eigenvalue weighted by Gasteiger charge is -2.19. The third-order valence-corrected chi connectivity index (χ3v) is 3.13. The Bertz CT molecular complexity index is 373. The van der Waals surface area contributed by atoms with Gasteiger partial charge in [0.05, 0.1) is 0 Å². The van der Waals surface area contributed by atoms with Crippen LogP contribution in [-0.2, 0) is 6.54 Å². The standard InChI is InChI=1S/C13H17NO/c1-3-10(2)8-14-9-11-6-4-5-7-12(11)13(14)15/h4-7,10H,3,8-9H2,1-2H3. The van der Waals surface area contributed by atoms with Crippen molar-refractivity contribution in [2.24, 2.45) is 5.92 Å². The Balaban J connectivity index is 2.13. The van der Waals surface area contributed by atoms with Gasteiger partial charge in [-0.15, -0.1) is 0 Å². The molecule has 1 heterocycles. The molecule has 0 saturated carbocycles. The molecule has 1 atom stereocenters. The summed E-state index contributed by atoms with van der Waals surface area (Å²) in [6, 6.07) is 7.90. The molecule has 15 heavy (non-hydrogen) atoms. The topological polar surface area (TPSA) is 20.3 Å². The summed E-state index contributed by atoms with van der Waals surface area (Å²) < 4.78 is 0. The number of hydrogen-bond acceptors (Lipinski definition) is 1. The highest BCUT2D eigenvalue weighted by molar-refractivity contribution is 5.98. The smallest absolute Gasteiger partial charge is 0.254 e. The molecule has 0 radical (unpaired) electrons. The van der Waals surface area contributed by atoms with E-state index in [0.29, 0.717) is 5.92 Å². The number of fused-ring (bicyclic) bond motifs is 1. The van der Waals surface area contributed by atoms with Crippen LogP contribution in [0.4, 0.5) is 0 Å². The minimum atomic E-state index is 0.200. The number of carbonyl (C=O) groups is 1. The molecule has 2 nitrogen and oxygen atoms in total. The van der Waals surface area contributed by atoms with Crippen LogP contribution in [0, 0.1) is 5.92 Å². The van der Waals surface area contributed by atoms with Crippen LogP contribution in [0.2, 0.25) is 0 Å². The summed E-state index contributed by atoms with van der Waals surface area (Å²) in [6.07, 6.45) is 1.13. The molecule has 1 amide bonds. The van der Waals surface area contributed by atoms with E-state index in [0.717, 1.165) is 25.1 Å². The number of amides is 1. The molecule has 2 rings (SSSR count). The lowest BCUT2D eigenvalue weighted by atomic mass is 10.1. The van der Waals surface area contributed by atoms with Gasteiger partial charge in [0.25, 0.3) is 5.91 Å². The molecule has 2 heteroatoms. The van der Waals surface area contributed by atoms with Gasteiger partial charge >= 0.3 is 0 Å². The van der Waals surface area contributed by atoms with Crippen molar-refractivity contribution in [1.82, 2.24) is 4.90 Å². The molecule has 0 aromatic heterocycles. The highest BCUT2D eigenvalue weighted by Crippen LogP contribution is 2.23. The number of nitrogens with zero attached hydrogens (tertiary/aromatic N) is 1. The molecule has 0 fully saturated rings. The van der Waals surface area contributed by atoms with Crippen LogP contribution in [0.25, 0.3) is 0 Å². The summed E-state index contributed by atoms with van der Waals surface area (Å²) in [6.45, 7) is 6.03. The molecule has 0 N–H and O–H groups in total. The van der Waals surface area contributed by atoms with E-state index in [-0.39, 0.29) is 5.91 Å². The zero-order valence-electron chi connectivity index (χ0n) is 9.36. The summed E-state index contributed by atoms with van der Waals surface area (Å²) >= 11 is 0. The number of hydrogen-bond donors (Lipinski definition) is 0. The zero-order chi connectivity index (χ0) is 10.8.